The lowest BCUT2D eigenvalue weighted by Gasteiger charge is -2.01. The molecule has 0 unspecified atom stereocenters. The van der Waals surface area contributed by atoms with Gasteiger partial charge in [0.15, 0.2) is 17.3 Å². The molecule has 0 spiro atoms. The van der Waals surface area contributed by atoms with Crippen molar-refractivity contribution in [1.82, 2.24) is 0 Å². The number of hydrogen-bond acceptors (Lipinski definition) is 4. The van der Waals surface area contributed by atoms with Crippen LogP contribution >= 0.6 is 0 Å². The molecule has 5 nitrogen and oxygen atoms in total. The summed E-state index contributed by atoms with van der Waals surface area (Å²) in [6.45, 7) is 0. The molecule has 0 amide bonds. The van der Waals surface area contributed by atoms with Gasteiger partial charge in [-0.15, -0.1) is 0 Å². The molecule has 0 bridgehead atoms. The van der Waals surface area contributed by atoms with Crippen LogP contribution in [0.5, 0.6) is 11.5 Å². The van der Waals surface area contributed by atoms with Crippen molar-refractivity contribution >= 4 is 11.8 Å². The largest absolute Gasteiger partial charge is 0.504 e. The zero-order valence-corrected chi connectivity index (χ0v) is 7.80. The fourth-order valence-electron chi connectivity index (χ4n) is 1.06. The Balaban J connectivity index is 2.74. The maximum atomic E-state index is 11.4. The molecule has 0 heterocycles. The minimum Gasteiger partial charge on any atom is -0.504 e. The summed E-state index contributed by atoms with van der Waals surface area (Å²) in [5.41, 5.74) is 0.187. The molecule has 0 fully saturated rings. The summed E-state index contributed by atoms with van der Waals surface area (Å²) >= 11 is 0. The highest BCUT2D eigenvalue weighted by Gasteiger charge is 2.10. The molecule has 5 heteroatoms. The van der Waals surface area contributed by atoms with Crippen molar-refractivity contribution in [1.29, 1.82) is 0 Å². The molecular weight excluding hydrogens is 200 g/mol. The van der Waals surface area contributed by atoms with Gasteiger partial charge in [-0.2, -0.15) is 0 Å². The second kappa shape index (κ2) is 4.45. The van der Waals surface area contributed by atoms with Crippen molar-refractivity contribution in [2.75, 3.05) is 0 Å². The number of aliphatic carboxylic acids is 1. The van der Waals surface area contributed by atoms with Crippen LogP contribution in [-0.4, -0.2) is 27.1 Å². The molecule has 0 aliphatic rings. The molecule has 1 aromatic rings. The first-order valence-electron chi connectivity index (χ1n) is 4.27. The van der Waals surface area contributed by atoms with Crippen LogP contribution in [0.25, 0.3) is 0 Å². The molecule has 80 valence electrons. The summed E-state index contributed by atoms with van der Waals surface area (Å²) in [4.78, 5) is 21.6. The van der Waals surface area contributed by atoms with Gasteiger partial charge in [0.2, 0.25) is 0 Å². The second-order valence-corrected chi connectivity index (χ2v) is 3.02. The second-order valence-electron chi connectivity index (χ2n) is 3.02. The highest BCUT2D eigenvalue weighted by atomic mass is 16.4. The standard InChI is InChI=1S/C10H10O5/c11-7(3-4-10(14)15)6-1-2-8(12)9(13)5-6/h1-2,5,12-13H,3-4H2,(H,14,15). The maximum Gasteiger partial charge on any atom is 0.303 e. The van der Waals surface area contributed by atoms with E-state index in [1.807, 2.05) is 0 Å². The molecule has 15 heavy (non-hydrogen) atoms. The van der Waals surface area contributed by atoms with Crippen LogP contribution in [0.4, 0.5) is 0 Å². The number of Topliss-reactive ketones (excluding diaryl/α,β-unsaturated/α-hetero) is 1. The highest BCUT2D eigenvalue weighted by Crippen LogP contribution is 2.25. The molecule has 0 aliphatic heterocycles. The maximum absolute atomic E-state index is 11.4. The Hall–Kier alpha value is -2.04. The predicted octanol–water partition coefficient (Wildman–Crippen LogP) is 1.15. The Morgan fingerprint density at radius 2 is 1.73 bits per heavy atom. The smallest absolute Gasteiger partial charge is 0.303 e. The van der Waals surface area contributed by atoms with E-state index in [9.17, 15) is 9.59 Å². The van der Waals surface area contributed by atoms with Gasteiger partial charge < -0.3 is 15.3 Å². The Labute approximate surface area is 85.6 Å². The third-order valence-electron chi connectivity index (χ3n) is 1.86. The van der Waals surface area contributed by atoms with Gasteiger partial charge in [-0.3, -0.25) is 9.59 Å². The first-order valence-corrected chi connectivity index (χ1v) is 4.27. The Morgan fingerprint density at radius 3 is 2.27 bits per heavy atom. The summed E-state index contributed by atoms with van der Waals surface area (Å²) in [5, 5.41) is 26.5. The summed E-state index contributed by atoms with van der Waals surface area (Å²) in [5.74, 6) is -2.14. The average molecular weight is 210 g/mol. The Bertz CT molecular complexity index is 397. The number of carboxylic acids is 1. The monoisotopic (exact) mass is 210 g/mol. The SMILES string of the molecule is O=C(O)CCC(=O)c1ccc(O)c(O)c1. The van der Waals surface area contributed by atoms with E-state index in [4.69, 9.17) is 15.3 Å². The lowest BCUT2D eigenvalue weighted by molar-refractivity contribution is -0.136. The lowest BCUT2D eigenvalue weighted by atomic mass is 10.1. The minimum absolute atomic E-state index is 0.125. The number of carboxylic acid groups (broad SMARTS) is 1. The number of carbonyl (C=O) groups excluding carboxylic acids is 1. The van der Waals surface area contributed by atoms with Crippen LogP contribution in [-0.2, 0) is 4.79 Å². The molecule has 0 aliphatic carbocycles. The normalized spacial score (nSPS) is 9.87. The van der Waals surface area contributed by atoms with Crippen molar-refractivity contribution in [3.63, 3.8) is 0 Å². The number of phenols is 2. The van der Waals surface area contributed by atoms with Gasteiger partial charge in [-0.1, -0.05) is 0 Å². The van der Waals surface area contributed by atoms with Crippen LogP contribution in [0.15, 0.2) is 18.2 Å². The zero-order valence-electron chi connectivity index (χ0n) is 7.80. The molecule has 0 saturated heterocycles. The van der Waals surface area contributed by atoms with E-state index < -0.39 is 11.7 Å². The molecule has 0 radical (unpaired) electrons. The van der Waals surface area contributed by atoms with Crippen LogP contribution in [0.1, 0.15) is 23.2 Å². The molecule has 1 aromatic carbocycles. The van der Waals surface area contributed by atoms with Crippen LogP contribution in [0.3, 0.4) is 0 Å². The number of carbonyl (C=O) groups is 2. The van der Waals surface area contributed by atoms with Gasteiger partial charge in [0, 0.05) is 12.0 Å². The van der Waals surface area contributed by atoms with Gasteiger partial charge in [-0.25, -0.2) is 0 Å². The first-order chi connectivity index (χ1) is 7.00. The molecule has 0 aromatic heterocycles. The van der Waals surface area contributed by atoms with Gasteiger partial charge in [0.1, 0.15) is 0 Å². The average Bonchev–Trinajstić information content (AvgIpc) is 2.18. The van der Waals surface area contributed by atoms with E-state index in [2.05, 4.69) is 0 Å². The van der Waals surface area contributed by atoms with Crippen molar-refractivity contribution < 1.29 is 24.9 Å². The van der Waals surface area contributed by atoms with Gasteiger partial charge >= 0.3 is 5.97 Å². The van der Waals surface area contributed by atoms with E-state index in [-0.39, 0.29) is 29.9 Å². The topological polar surface area (TPSA) is 94.8 Å². The van der Waals surface area contributed by atoms with Crippen LogP contribution in [0, 0.1) is 0 Å². The molecule has 0 atom stereocenters. The fourth-order valence-corrected chi connectivity index (χ4v) is 1.06. The number of phenolic OH excluding ortho intramolecular Hbond substituents is 2. The zero-order chi connectivity index (χ0) is 11.4. The van der Waals surface area contributed by atoms with Crippen molar-refractivity contribution in [2.24, 2.45) is 0 Å². The number of hydrogen-bond donors (Lipinski definition) is 3. The lowest BCUT2D eigenvalue weighted by Crippen LogP contribution is -2.03. The van der Waals surface area contributed by atoms with Gasteiger partial charge in [0.25, 0.3) is 0 Å². The van der Waals surface area contributed by atoms with Gasteiger partial charge in [0.05, 0.1) is 6.42 Å². The number of rotatable bonds is 4. The fraction of sp³-hybridized carbons (Fsp3) is 0.200. The van der Waals surface area contributed by atoms with E-state index in [0.29, 0.717) is 0 Å². The summed E-state index contributed by atoms with van der Waals surface area (Å²) in [7, 11) is 0. The van der Waals surface area contributed by atoms with Crippen molar-refractivity contribution in [3.05, 3.63) is 23.8 Å². The number of ketones is 1. The minimum atomic E-state index is -1.05. The predicted molar refractivity (Wildman–Crippen MR) is 51.0 cm³/mol. The third kappa shape index (κ3) is 2.98. The Kier molecular flexibility index (Phi) is 3.28. The number of aromatic hydroxyl groups is 2. The molecular formula is C10H10O5. The van der Waals surface area contributed by atoms with Crippen molar-refractivity contribution in [3.8, 4) is 11.5 Å². The van der Waals surface area contributed by atoms with E-state index in [1.54, 1.807) is 0 Å². The number of benzene rings is 1. The van der Waals surface area contributed by atoms with E-state index in [1.165, 1.54) is 12.1 Å². The van der Waals surface area contributed by atoms with E-state index in [0.717, 1.165) is 6.07 Å². The van der Waals surface area contributed by atoms with E-state index >= 15 is 0 Å². The molecule has 3 N–H and O–H groups in total. The summed E-state index contributed by atoms with van der Waals surface area (Å²) in [6, 6.07) is 3.63. The van der Waals surface area contributed by atoms with Crippen molar-refractivity contribution in [2.45, 2.75) is 12.8 Å². The molecule has 1 rings (SSSR count). The third-order valence-corrected chi connectivity index (χ3v) is 1.86. The van der Waals surface area contributed by atoms with Crippen LogP contribution < -0.4 is 0 Å². The van der Waals surface area contributed by atoms with Crippen LogP contribution in [0.2, 0.25) is 0 Å². The highest BCUT2D eigenvalue weighted by molar-refractivity contribution is 5.97. The molecule has 0 saturated carbocycles. The summed E-state index contributed by atoms with van der Waals surface area (Å²) in [6.07, 6.45) is -0.375. The van der Waals surface area contributed by atoms with Gasteiger partial charge in [-0.05, 0) is 18.2 Å². The first kappa shape index (κ1) is 11.0. The quantitative estimate of drug-likeness (QED) is 0.511. The summed E-state index contributed by atoms with van der Waals surface area (Å²) < 4.78 is 0. The Morgan fingerprint density at radius 1 is 1.07 bits per heavy atom.